The summed E-state index contributed by atoms with van der Waals surface area (Å²) in [6, 6.07) is 8.48. The van der Waals surface area contributed by atoms with Gasteiger partial charge in [-0.3, -0.25) is 4.72 Å². The third-order valence-electron chi connectivity index (χ3n) is 6.26. The number of nitrogens with one attached hydrogen (secondary N) is 1. The fourth-order valence-corrected chi connectivity index (χ4v) is 5.53. The molecule has 1 aliphatic rings. The summed E-state index contributed by atoms with van der Waals surface area (Å²) >= 11 is 0. The van der Waals surface area contributed by atoms with Crippen molar-refractivity contribution in [3.05, 3.63) is 41.5 Å². The van der Waals surface area contributed by atoms with Gasteiger partial charge in [-0.05, 0) is 69.0 Å². The van der Waals surface area contributed by atoms with Crippen molar-refractivity contribution < 1.29 is 36.7 Å². The summed E-state index contributed by atoms with van der Waals surface area (Å²) < 4.78 is 56.9. The van der Waals surface area contributed by atoms with Crippen molar-refractivity contribution >= 4 is 32.9 Å². The topological polar surface area (TPSA) is 129 Å². The van der Waals surface area contributed by atoms with Crippen LogP contribution in [0, 0.1) is 0 Å². The molecule has 11 nitrogen and oxygen atoms in total. The first kappa shape index (κ1) is 28.5. The molecule has 212 valence electrons. The van der Waals surface area contributed by atoms with E-state index in [4.69, 9.17) is 23.5 Å². The Morgan fingerprint density at radius 1 is 1.13 bits per heavy atom. The van der Waals surface area contributed by atoms with Crippen molar-refractivity contribution in [2.45, 2.75) is 63.7 Å². The molecular weight excluding hydrogens is 526 g/mol. The molecule has 0 bridgehead atoms. The molecule has 0 unspecified atom stereocenters. The standard InChI is InChI=1S/C27H35N3O8S/c1-7-17-8-9-20(34-5)23(14-17)39(32,33)29-25-24-21(35-6)12-18(13-22(24)38-28-25)16-36-19-10-11-30(15-19)26(31)37-27(2,3)4/h8-9,12-14,19H,7,10-11,15-16H2,1-6H3,(H,28,29)/t19-/m1/s1. The first-order chi connectivity index (χ1) is 18.4. The van der Waals surface area contributed by atoms with E-state index in [2.05, 4.69) is 9.88 Å². The van der Waals surface area contributed by atoms with Crippen molar-refractivity contribution in [2.24, 2.45) is 0 Å². The van der Waals surface area contributed by atoms with Gasteiger partial charge in [0.1, 0.15) is 27.4 Å². The fourth-order valence-electron chi connectivity index (χ4n) is 4.31. The Bertz CT molecular complexity index is 1450. The Labute approximate surface area is 228 Å². The number of hydrogen-bond acceptors (Lipinski definition) is 9. The van der Waals surface area contributed by atoms with Gasteiger partial charge in [0, 0.05) is 6.54 Å². The lowest BCUT2D eigenvalue weighted by Gasteiger charge is -2.24. The molecule has 2 aromatic carbocycles. The summed E-state index contributed by atoms with van der Waals surface area (Å²) in [7, 11) is -1.15. The van der Waals surface area contributed by atoms with E-state index < -0.39 is 15.6 Å². The van der Waals surface area contributed by atoms with E-state index >= 15 is 0 Å². The lowest BCUT2D eigenvalue weighted by molar-refractivity contribution is 0.0184. The van der Waals surface area contributed by atoms with Crippen molar-refractivity contribution in [3.63, 3.8) is 0 Å². The molecule has 1 fully saturated rings. The third kappa shape index (κ3) is 6.56. The molecule has 0 radical (unpaired) electrons. The molecule has 0 saturated carbocycles. The first-order valence-electron chi connectivity index (χ1n) is 12.7. The highest BCUT2D eigenvalue weighted by atomic mass is 32.2. The molecule has 39 heavy (non-hydrogen) atoms. The first-order valence-corrected chi connectivity index (χ1v) is 14.2. The number of methoxy groups -OCH3 is 2. The van der Waals surface area contributed by atoms with E-state index in [0.717, 1.165) is 11.1 Å². The largest absolute Gasteiger partial charge is 0.496 e. The quantitative estimate of drug-likeness (QED) is 0.394. The molecule has 1 atom stereocenters. The van der Waals surface area contributed by atoms with Crippen LogP contribution in [0.2, 0.25) is 0 Å². The summed E-state index contributed by atoms with van der Waals surface area (Å²) in [5.74, 6) is 0.597. The average Bonchev–Trinajstić information content (AvgIpc) is 3.53. The number of rotatable bonds is 9. The van der Waals surface area contributed by atoms with Crippen LogP contribution in [-0.4, -0.2) is 63.6 Å². The minimum Gasteiger partial charge on any atom is -0.496 e. The summed E-state index contributed by atoms with van der Waals surface area (Å²) in [6.07, 6.45) is 0.852. The molecule has 1 amide bonds. The van der Waals surface area contributed by atoms with E-state index in [1.807, 2.05) is 33.8 Å². The van der Waals surface area contributed by atoms with Crippen LogP contribution in [0.3, 0.4) is 0 Å². The summed E-state index contributed by atoms with van der Waals surface area (Å²) in [6.45, 7) is 8.66. The monoisotopic (exact) mass is 561 g/mol. The normalized spacial score (nSPS) is 15.9. The highest BCUT2D eigenvalue weighted by molar-refractivity contribution is 7.92. The van der Waals surface area contributed by atoms with Crippen LogP contribution in [0.15, 0.2) is 39.8 Å². The Kier molecular flexibility index (Phi) is 8.26. The van der Waals surface area contributed by atoms with E-state index in [1.165, 1.54) is 14.2 Å². The molecule has 1 saturated heterocycles. The number of hydrogen-bond donors (Lipinski definition) is 1. The lowest BCUT2D eigenvalue weighted by atomic mass is 10.1. The minimum atomic E-state index is -4.05. The number of benzene rings is 2. The highest BCUT2D eigenvalue weighted by Gasteiger charge is 2.30. The number of sulfonamides is 1. The number of aromatic nitrogens is 1. The minimum absolute atomic E-state index is 0.00137. The highest BCUT2D eigenvalue weighted by Crippen LogP contribution is 2.36. The molecule has 1 N–H and O–H groups in total. The predicted molar refractivity (Wildman–Crippen MR) is 145 cm³/mol. The zero-order valence-corrected chi connectivity index (χ0v) is 23.9. The van der Waals surface area contributed by atoms with E-state index in [0.29, 0.717) is 42.6 Å². The summed E-state index contributed by atoms with van der Waals surface area (Å²) in [4.78, 5) is 14.0. The van der Waals surface area contributed by atoms with Crippen molar-refractivity contribution in [1.29, 1.82) is 0 Å². The van der Waals surface area contributed by atoms with Crippen LogP contribution in [0.4, 0.5) is 10.6 Å². The number of carbonyl (C=O) groups is 1. The Morgan fingerprint density at radius 2 is 1.87 bits per heavy atom. The van der Waals surface area contributed by atoms with Gasteiger partial charge in [0.15, 0.2) is 11.4 Å². The van der Waals surface area contributed by atoms with Crippen molar-refractivity contribution in [3.8, 4) is 11.5 Å². The molecular formula is C27H35N3O8S. The number of fused-ring (bicyclic) bond motifs is 1. The van der Waals surface area contributed by atoms with Gasteiger partial charge < -0.3 is 28.4 Å². The molecule has 2 heterocycles. The number of anilines is 1. The van der Waals surface area contributed by atoms with Gasteiger partial charge in [-0.25, -0.2) is 13.2 Å². The number of nitrogens with zero attached hydrogens (tertiary/aromatic N) is 2. The number of ether oxygens (including phenoxy) is 4. The molecule has 4 rings (SSSR count). The zero-order chi connectivity index (χ0) is 28.4. The van der Waals surface area contributed by atoms with Gasteiger partial charge in [0.05, 0.1) is 33.5 Å². The van der Waals surface area contributed by atoms with Crippen molar-refractivity contribution in [2.75, 3.05) is 32.0 Å². The molecule has 3 aromatic rings. The van der Waals surface area contributed by atoms with Gasteiger partial charge in [-0.15, -0.1) is 0 Å². The molecule has 0 spiro atoms. The Hall–Kier alpha value is -3.51. The van der Waals surface area contributed by atoms with Crippen LogP contribution in [0.25, 0.3) is 11.0 Å². The van der Waals surface area contributed by atoms with Crippen LogP contribution in [0.5, 0.6) is 11.5 Å². The molecule has 12 heteroatoms. The predicted octanol–water partition coefficient (Wildman–Crippen LogP) is 4.73. The van der Waals surface area contributed by atoms with Crippen molar-refractivity contribution in [1.82, 2.24) is 10.1 Å². The fraction of sp³-hybridized carbons (Fsp3) is 0.481. The summed E-state index contributed by atoms with van der Waals surface area (Å²) in [5, 5.41) is 4.35. The third-order valence-corrected chi connectivity index (χ3v) is 7.62. The number of likely N-dealkylation sites (tertiary alicyclic amines) is 1. The van der Waals surface area contributed by atoms with Crippen LogP contribution in [-0.2, 0) is 32.5 Å². The van der Waals surface area contributed by atoms with Crippen LogP contribution >= 0.6 is 0 Å². The van der Waals surface area contributed by atoms with Gasteiger partial charge in [-0.2, -0.15) is 0 Å². The average molecular weight is 562 g/mol. The second kappa shape index (κ2) is 11.3. The second-order valence-electron chi connectivity index (χ2n) is 10.3. The maximum Gasteiger partial charge on any atom is 0.410 e. The SMILES string of the molecule is CCc1ccc(OC)c(S(=O)(=O)Nc2noc3cc(CO[C@@H]4CCN(C(=O)OC(C)(C)C)C4)cc(OC)c23)c1. The summed E-state index contributed by atoms with van der Waals surface area (Å²) in [5.41, 5.74) is 1.37. The lowest BCUT2D eigenvalue weighted by Crippen LogP contribution is -2.36. The maximum absolute atomic E-state index is 13.3. The van der Waals surface area contributed by atoms with Crippen LogP contribution in [0.1, 0.15) is 45.2 Å². The molecule has 0 aliphatic carbocycles. The van der Waals surface area contributed by atoms with Gasteiger partial charge in [0.2, 0.25) is 0 Å². The van der Waals surface area contributed by atoms with Crippen LogP contribution < -0.4 is 14.2 Å². The molecule has 1 aliphatic heterocycles. The van der Waals surface area contributed by atoms with Gasteiger partial charge >= 0.3 is 6.09 Å². The Balaban J connectivity index is 1.50. The Morgan fingerprint density at radius 3 is 2.54 bits per heavy atom. The number of amides is 1. The maximum atomic E-state index is 13.3. The van der Waals surface area contributed by atoms with E-state index in [-0.39, 0.29) is 35.3 Å². The molecule has 1 aromatic heterocycles. The zero-order valence-electron chi connectivity index (χ0n) is 23.1. The second-order valence-corrected chi connectivity index (χ2v) is 11.9. The van der Waals surface area contributed by atoms with E-state index in [9.17, 15) is 13.2 Å². The smallest absolute Gasteiger partial charge is 0.410 e. The number of carbonyl (C=O) groups excluding carboxylic acids is 1. The van der Waals surface area contributed by atoms with Gasteiger partial charge in [0.25, 0.3) is 10.0 Å². The van der Waals surface area contributed by atoms with E-state index in [1.54, 1.807) is 29.2 Å². The van der Waals surface area contributed by atoms with Gasteiger partial charge in [-0.1, -0.05) is 18.1 Å². The number of aryl methyl sites for hydroxylation is 1.